The van der Waals surface area contributed by atoms with E-state index in [1.54, 1.807) is 0 Å². The second kappa shape index (κ2) is 5.15. The van der Waals surface area contributed by atoms with Crippen molar-refractivity contribution in [2.75, 3.05) is 19.6 Å². The monoisotopic (exact) mass is 228 g/mol. The molecule has 0 radical (unpaired) electrons. The molecule has 0 aromatic rings. The van der Waals surface area contributed by atoms with Gasteiger partial charge in [-0.15, -0.1) is 0 Å². The first-order chi connectivity index (χ1) is 6.95. The van der Waals surface area contributed by atoms with Gasteiger partial charge in [0.05, 0.1) is 0 Å². The van der Waals surface area contributed by atoms with Crippen LogP contribution in [0.1, 0.15) is 40.5 Å². The average molecular weight is 228 g/mol. The standard InChI is InChI=1S/C12H24N2S/c1-5-7-13-11(15)14-8-6-10(9-14)12(2,3)4/h10H,5-9H2,1-4H3,(H,13,15). The highest BCUT2D eigenvalue weighted by Crippen LogP contribution is 2.33. The van der Waals surface area contributed by atoms with Gasteiger partial charge < -0.3 is 10.2 Å². The summed E-state index contributed by atoms with van der Waals surface area (Å²) in [6.45, 7) is 12.4. The van der Waals surface area contributed by atoms with E-state index in [9.17, 15) is 0 Å². The van der Waals surface area contributed by atoms with Crippen LogP contribution < -0.4 is 5.32 Å². The molecule has 0 aromatic carbocycles. The lowest BCUT2D eigenvalue weighted by Crippen LogP contribution is -2.39. The fourth-order valence-corrected chi connectivity index (χ4v) is 2.26. The van der Waals surface area contributed by atoms with Crippen molar-refractivity contribution in [3.63, 3.8) is 0 Å². The number of nitrogens with zero attached hydrogens (tertiary/aromatic N) is 1. The number of hydrogen-bond donors (Lipinski definition) is 1. The smallest absolute Gasteiger partial charge is 0.168 e. The van der Waals surface area contributed by atoms with Gasteiger partial charge in [0.2, 0.25) is 0 Å². The Morgan fingerprint density at radius 2 is 2.13 bits per heavy atom. The topological polar surface area (TPSA) is 15.3 Å². The third kappa shape index (κ3) is 3.63. The Bertz CT molecular complexity index is 220. The molecule has 1 aliphatic rings. The fraction of sp³-hybridized carbons (Fsp3) is 0.917. The van der Waals surface area contributed by atoms with Gasteiger partial charge in [0, 0.05) is 19.6 Å². The minimum Gasteiger partial charge on any atom is -0.363 e. The second-order valence-corrected chi connectivity index (χ2v) is 5.92. The van der Waals surface area contributed by atoms with Crippen LogP contribution in [0.15, 0.2) is 0 Å². The Kier molecular flexibility index (Phi) is 4.38. The van der Waals surface area contributed by atoms with Gasteiger partial charge in [-0.3, -0.25) is 0 Å². The van der Waals surface area contributed by atoms with Crippen molar-refractivity contribution in [2.24, 2.45) is 11.3 Å². The van der Waals surface area contributed by atoms with E-state index in [2.05, 4.69) is 37.9 Å². The second-order valence-electron chi connectivity index (χ2n) is 5.53. The maximum Gasteiger partial charge on any atom is 0.168 e. The number of thiocarbonyl (C=S) groups is 1. The largest absolute Gasteiger partial charge is 0.363 e. The summed E-state index contributed by atoms with van der Waals surface area (Å²) in [5.41, 5.74) is 0.412. The third-order valence-electron chi connectivity index (χ3n) is 3.23. The van der Waals surface area contributed by atoms with Crippen molar-refractivity contribution in [2.45, 2.75) is 40.5 Å². The van der Waals surface area contributed by atoms with Crippen molar-refractivity contribution in [3.05, 3.63) is 0 Å². The van der Waals surface area contributed by atoms with E-state index in [0.29, 0.717) is 5.41 Å². The van der Waals surface area contributed by atoms with Gasteiger partial charge in [-0.2, -0.15) is 0 Å². The quantitative estimate of drug-likeness (QED) is 0.732. The van der Waals surface area contributed by atoms with E-state index in [0.717, 1.165) is 37.1 Å². The molecule has 15 heavy (non-hydrogen) atoms. The SMILES string of the molecule is CCCNC(=S)N1CCC(C(C)(C)C)C1. The van der Waals surface area contributed by atoms with Gasteiger partial charge in [0.1, 0.15) is 0 Å². The van der Waals surface area contributed by atoms with Crippen LogP contribution in [-0.4, -0.2) is 29.6 Å². The Balaban J connectivity index is 2.39. The van der Waals surface area contributed by atoms with Crippen molar-refractivity contribution in [3.8, 4) is 0 Å². The summed E-state index contributed by atoms with van der Waals surface area (Å²) in [6, 6.07) is 0. The first kappa shape index (κ1) is 12.8. The van der Waals surface area contributed by atoms with Gasteiger partial charge in [0.15, 0.2) is 5.11 Å². The highest BCUT2D eigenvalue weighted by molar-refractivity contribution is 7.80. The molecule has 0 amide bonds. The highest BCUT2D eigenvalue weighted by Gasteiger charge is 2.32. The maximum atomic E-state index is 5.37. The van der Waals surface area contributed by atoms with Crippen LogP contribution in [0, 0.1) is 11.3 Å². The molecule has 2 nitrogen and oxygen atoms in total. The van der Waals surface area contributed by atoms with Gasteiger partial charge in [-0.25, -0.2) is 0 Å². The molecule has 0 bridgehead atoms. The summed E-state index contributed by atoms with van der Waals surface area (Å²) >= 11 is 5.37. The van der Waals surface area contributed by atoms with Crippen LogP contribution in [0.25, 0.3) is 0 Å². The Morgan fingerprint density at radius 1 is 1.47 bits per heavy atom. The van der Waals surface area contributed by atoms with E-state index in [4.69, 9.17) is 12.2 Å². The molecule has 0 aliphatic carbocycles. The summed E-state index contributed by atoms with van der Waals surface area (Å²) < 4.78 is 0. The first-order valence-electron chi connectivity index (χ1n) is 5.98. The van der Waals surface area contributed by atoms with E-state index in [-0.39, 0.29) is 0 Å². The molecule has 0 saturated carbocycles. The number of hydrogen-bond acceptors (Lipinski definition) is 1. The minimum atomic E-state index is 0.412. The predicted molar refractivity (Wildman–Crippen MR) is 70.0 cm³/mol. The zero-order valence-electron chi connectivity index (χ0n) is 10.5. The fourth-order valence-electron chi connectivity index (χ4n) is 2.00. The molecule has 1 heterocycles. The van der Waals surface area contributed by atoms with E-state index >= 15 is 0 Å². The Morgan fingerprint density at radius 3 is 2.60 bits per heavy atom. The molecule has 3 heteroatoms. The summed E-state index contributed by atoms with van der Waals surface area (Å²) in [5, 5.41) is 4.25. The van der Waals surface area contributed by atoms with Crippen LogP contribution in [0.4, 0.5) is 0 Å². The van der Waals surface area contributed by atoms with Crippen molar-refractivity contribution >= 4 is 17.3 Å². The molecule has 1 atom stereocenters. The molecule has 1 aliphatic heterocycles. The maximum absolute atomic E-state index is 5.37. The predicted octanol–water partition coefficient (Wildman–Crippen LogP) is 2.64. The lowest BCUT2D eigenvalue weighted by molar-refractivity contribution is 0.250. The summed E-state index contributed by atoms with van der Waals surface area (Å²) in [4.78, 5) is 2.32. The van der Waals surface area contributed by atoms with Crippen LogP contribution in [0.2, 0.25) is 0 Å². The minimum absolute atomic E-state index is 0.412. The molecule has 1 rings (SSSR count). The van der Waals surface area contributed by atoms with Crippen molar-refractivity contribution in [1.29, 1.82) is 0 Å². The number of rotatable bonds is 2. The molecule has 1 N–H and O–H groups in total. The molecule has 1 saturated heterocycles. The lowest BCUT2D eigenvalue weighted by atomic mass is 9.80. The lowest BCUT2D eigenvalue weighted by Gasteiger charge is -2.27. The van der Waals surface area contributed by atoms with Gasteiger partial charge in [0.25, 0.3) is 0 Å². The molecule has 88 valence electrons. The zero-order chi connectivity index (χ0) is 11.5. The van der Waals surface area contributed by atoms with Crippen LogP contribution in [0.3, 0.4) is 0 Å². The summed E-state index contributed by atoms with van der Waals surface area (Å²) in [5.74, 6) is 0.777. The molecular weight excluding hydrogens is 204 g/mol. The molecule has 0 aromatic heterocycles. The zero-order valence-corrected chi connectivity index (χ0v) is 11.3. The van der Waals surface area contributed by atoms with Crippen molar-refractivity contribution < 1.29 is 0 Å². The van der Waals surface area contributed by atoms with Crippen LogP contribution in [0.5, 0.6) is 0 Å². The number of nitrogens with one attached hydrogen (secondary N) is 1. The molecule has 1 fully saturated rings. The van der Waals surface area contributed by atoms with Crippen LogP contribution >= 0.6 is 12.2 Å². The third-order valence-corrected chi connectivity index (χ3v) is 3.63. The normalized spacial score (nSPS) is 21.9. The van der Waals surface area contributed by atoms with Gasteiger partial charge in [-0.05, 0) is 36.4 Å². The summed E-state index contributed by atoms with van der Waals surface area (Å²) in [7, 11) is 0. The Labute approximate surface area is 99.4 Å². The average Bonchev–Trinajstić information content (AvgIpc) is 2.62. The number of likely N-dealkylation sites (tertiary alicyclic amines) is 1. The molecular formula is C12H24N2S. The van der Waals surface area contributed by atoms with Gasteiger partial charge in [-0.1, -0.05) is 27.7 Å². The first-order valence-corrected chi connectivity index (χ1v) is 6.38. The van der Waals surface area contributed by atoms with E-state index < -0.39 is 0 Å². The van der Waals surface area contributed by atoms with E-state index in [1.165, 1.54) is 6.42 Å². The van der Waals surface area contributed by atoms with Crippen molar-refractivity contribution in [1.82, 2.24) is 10.2 Å². The molecule has 1 unspecified atom stereocenters. The van der Waals surface area contributed by atoms with E-state index in [1.807, 2.05) is 0 Å². The van der Waals surface area contributed by atoms with Gasteiger partial charge >= 0.3 is 0 Å². The summed E-state index contributed by atoms with van der Waals surface area (Å²) in [6.07, 6.45) is 2.41. The van der Waals surface area contributed by atoms with Crippen LogP contribution in [-0.2, 0) is 0 Å². The highest BCUT2D eigenvalue weighted by atomic mass is 32.1. The Hall–Kier alpha value is -0.310. The molecule has 0 spiro atoms.